The molecular weight excluding hydrogens is 416 g/mol. The Labute approximate surface area is 173 Å². The number of benzene rings is 1. The Hall–Kier alpha value is -1.53. The number of nitrogens with zero attached hydrogens (tertiary/aromatic N) is 2. The molecule has 1 saturated heterocycles. The molecule has 0 aromatic heterocycles. The lowest BCUT2D eigenvalue weighted by molar-refractivity contribution is -0.114. The molecule has 0 radical (unpaired) electrons. The minimum Gasteiger partial charge on any atom is -0.326 e. The smallest absolute Gasteiger partial charge is 0.243 e. The van der Waals surface area contributed by atoms with Crippen molar-refractivity contribution in [1.82, 2.24) is 13.9 Å². The molecule has 1 amide bonds. The molecule has 11 heteroatoms. The van der Waals surface area contributed by atoms with E-state index in [0.29, 0.717) is 31.9 Å². The number of rotatable bonds is 9. The van der Waals surface area contributed by atoms with E-state index in [1.807, 2.05) is 13.8 Å². The molecule has 2 N–H and O–H groups in total. The fraction of sp³-hybridized carbons (Fsp3) is 0.611. The Balaban J connectivity index is 2.18. The molecule has 0 unspecified atom stereocenters. The number of sulfonamides is 2. The Kier molecular flexibility index (Phi) is 8.18. The molecule has 1 aliphatic rings. The SMILES string of the molecule is CC(=O)Nc1ccc(S(=O)(=O)N(CCS(=O)(=O)N2CCNCC2)CC(C)C)cc1. The average Bonchev–Trinajstić information content (AvgIpc) is 2.65. The summed E-state index contributed by atoms with van der Waals surface area (Å²) in [7, 11) is -7.41. The van der Waals surface area contributed by atoms with Crippen molar-refractivity contribution in [2.24, 2.45) is 5.92 Å². The lowest BCUT2D eigenvalue weighted by atomic mass is 10.2. The van der Waals surface area contributed by atoms with Crippen LogP contribution in [0.5, 0.6) is 0 Å². The van der Waals surface area contributed by atoms with E-state index < -0.39 is 20.0 Å². The highest BCUT2D eigenvalue weighted by atomic mass is 32.2. The normalized spacial score (nSPS) is 16.3. The molecule has 1 aromatic rings. The van der Waals surface area contributed by atoms with Crippen LogP contribution in [0, 0.1) is 5.92 Å². The summed E-state index contributed by atoms with van der Waals surface area (Å²) in [6.07, 6.45) is 0. The zero-order valence-corrected chi connectivity index (χ0v) is 18.7. The number of hydrogen-bond acceptors (Lipinski definition) is 6. The summed E-state index contributed by atoms with van der Waals surface area (Å²) in [5.41, 5.74) is 0.494. The summed E-state index contributed by atoms with van der Waals surface area (Å²) < 4.78 is 54.1. The average molecular weight is 447 g/mol. The molecule has 2 rings (SSSR count). The van der Waals surface area contributed by atoms with Gasteiger partial charge in [-0.05, 0) is 30.2 Å². The maximum Gasteiger partial charge on any atom is 0.243 e. The van der Waals surface area contributed by atoms with Crippen LogP contribution in [0.1, 0.15) is 20.8 Å². The van der Waals surface area contributed by atoms with E-state index in [4.69, 9.17) is 0 Å². The number of amides is 1. The van der Waals surface area contributed by atoms with Crippen molar-refractivity contribution in [2.45, 2.75) is 25.7 Å². The van der Waals surface area contributed by atoms with Crippen LogP contribution in [-0.2, 0) is 24.8 Å². The second-order valence-corrected chi connectivity index (χ2v) is 11.5. The van der Waals surface area contributed by atoms with E-state index in [2.05, 4.69) is 10.6 Å². The number of anilines is 1. The third-order valence-electron chi connectivity index (χ3n) is 4.45. The van der Waals surface area contributed by atoms with Crippen LogP contribution >= 0.6 is 0 Å². The number of hydrogen-bond donors (Lipinski definition) is 2. The van der Waals surface area contributed by atoms with Crippen LogP contribution in [0.2, 0.25) is 0 Å². The zero-order chi connectivity index (χ0) is 21.7. The van der Waals surface area contributed by atoms with Gasteiger partial charge >= 0.3 is 0 Å². The van der Waals surface area contributed by atoms with Crippen LogP contribution in [0.25, 0.3) is 0 Å². The van der Waals surface area contributed by atoms with Crippen LogP contribution in [-0.4, -0.2) is 76.4 Å². The van der Waals surface area contributed by atoms with E-state index in [1.54, 1.807) is 0 Å². The van der Waals surface area contributed by atoms with Gasteiger partial charge in [0.05, 0.1) is 10.6 Å². The molecule has 1 fully saturated rings. The first-order valence-electron chi connectivity index (χ1n) is 9.59. The highest BCUT2D eigenvalue weighted by Gasteiger charge is 2.29. The molecular formula is C18H30N4O5S2. The summed E-state index contributed by atoms with van der Waals surface area (Å²) >= 11 is 0. The van der Waals surface area contributed by atoms with Crippen LogP contribution in [0.3, 0.4) is 0 Å². The number of carbonyl (C=O) groups is 1. The summed E-state index contributed by atoms with van der Waals surface area (Å²) in [4.78, 5) is 11.2. The molecule has 9 nitrogen and oxygen atoms in total. The van der Waals surface area contributed by atoms with Crippen LogP contribution < -0.4 is 10.6 Å². The fourth-order valence-electron chi connectivity index (χ4n) is 3.05. The van der Waals surface area contributed by atoms with Gasteiger partial charge in [0.1, 0.15) is 0 Å². The van der Waals surface area contributed by atoms with Gasteiger partial charge < -0.3 is 10.6 Å². The minimum atomic E-state index is -3.87. The predicted octanol–water partition coefficient (Wildman–Crippen LogP) is 0.527. The van der Waals surface area contributed by atoms with E-state index >= 15 is 0 Å². The first-order valence-corrected chi connectivity index (χ1v) is 12.6. The standard InChI is InChI=1S/C18H30N4O5S2/c1-15(2)14-22(12-13-28(24,25)21-10-8-19-9-11-21)29(26,27)18-6-4-17(5-7-18)20-16(3)23/h4-7,15,19H,8-14H2,1-3H3,(H,20,23). The largest absolute Gasteiger partial charge is 0.326 e. The second-order valence-electron chi connectivity index (χ2n) is 7.43. The molecule has 0 aliphatic carbocycles. The van der Waals surface area contributed by atoms with Crippen molar-refractivity contribution < 1.29 is 21.6 Å². The highest BCUT2D eigenvalue weighted by molar-refractivity contribution is 7.90. The first-order chi connectivity index (χ1) is 13.5. The lowest BCUT2D eigenvalue weighted by Gasteiger charge is -2.29. The van der Waals surface area contributed by atoms with Gasteiger partial charge in [0, 0.05) is 51.9 Å². The third-order valence-corrected chi connectivity index (χ3v) is 8.18. The second kappa shape index (κ2) is 9.98. The van der Waals surface area contributed by atoms with E-state index in [9.17, 15) is 21.6 Å². The monoisotopic (exact) mass is 446 g/mol. The van der Waals surface area contributed by atoms with Gasteiger partial charge in [-0.15, -0.1) is 0 Å². The zero-order valence-electron chi connectivity index (χ0n) is 17.1. The number of nitrogens with one attached hydrogen (secondary N) is 2. The van der Waals surface area contributed by atoms with Crippen molar-refractivity contribution in [3.63, 3.8) is 0 Å². The van der Waals surface area contributed by atoms with Crippen LogP contribution in [0.4, 0.5) is 5.69 Å². The Bertz CT molecular complexity index is 893. The van der Waals surface area contributed by atoms with Gasteiger partial charge in [-0.3, -0.25) is 4.79 Å². The number of piperazine rings is 1. The molecule has 0 atom stereocenters. The molecule has 29 heavy (non-hydrogen) atoms. The Morgan fingerprint density at radius 1 is 1.14 bits per heavy atom. The summed E-state index contributed by atoms with van der Waals surface area (Å²) in [5.74, 6) is -0.478. The van der Waals surface area contributed by atoms with Gasteiger partial charge in [0.2, 0.25) is 26.0 Å². The molecule has 1 heterocycles. The van der Waals surface area contributed by atoms with Gasteiger partial charge in [-0.2, -0.15) is 8.61 Å². The van der Waals surface area contributed by atoms with Crippen molar-refractivity contribution in [2.75, 3.05) is 50.3 Å². The van der Waals surface area contributed by atoms with Gasteiger partial charge in [0.15, 0.2) is 0 Å². The maximum absolute atomic E-state index is 13.1. The van der Waals surface area contributed by atoms with Gasteiger partial charge in [-0.1, -0.05) is 13.8 Å². The topological polar surface area (TPSA) is 116 Å². The molecule has 164 valence electrons. The van der Waals surface area contributed by atoms with Crippen molar-refractivity contribution in [1.29, 1.82) is 0 Å². The van der Waals surface area contributed by atoms with Crippen molar-refractivity contribution in [3.8, 4) is 0 Å². The van der Waals surface area contributed by atoms with Crippen molar-refractivity contribution >= 4 is 31.6 Å². The molecule has 1 aliphatic heterocycles. The summed E-state index contributed by atoms with van der Waals surface area (Å²) in [5, 5.41) is 5.69. The molecule has 0 bridgehead atoms. The fourth-order valence-corrected chi connectivity index (χ4v) is 6.22. The molecule has 1 aromatic carbocycles. The van der Waals surface area contributed by atoms with Gasteiger partial charge in [-0.25, -0.2) is 16.8 Å². The quantitative estimate of drug-likeness (QED) is 0.572. The minimum absolute atomic E-state index is 0.0327. The Morgan fingerprint density at radius 2 is 1.72 bits per heavy atom. The van der Waals surface area contributed by atoms with Crippen LogP contribution in [0.15, 0.2) is 29.2 Å². The molecule has 0 saturated carbocycles. The third kappa shape index (κ3) is 6.75. The summed E-state index contributed by atoms with van der Waals surface area (Å²) in [6, 6.07) is 5.86. The maximum atomic E-state index is 13.1. The summed E-state index contributed by atoms with van der Waals surface area (Å²) in [6.45, 7) is 7.21. The highest BCUT2D eigenvalue weighted by Crippen LogP contribution is 2.20. The van der Waals surface area contributed by atoms with Gasteiger partial charge in [0.25, 0.3) is 0 Å². The Morgan fingerprint density at radius 3 is 2.24 bits per heavy atom. The lowest BCUT2D eigenvalue weighted by Crippen LogP contribution is -2.48. The number of carbonyl (C=O) groups excluding carboxylic acids is 1. The van der Waals surface area contributed by atoms with Crippen molar-refractivity contribution in [3.05, 3.63) is 24.3 Å². The van der Waals surface area contributed by atoms with E-state index in [0.717, 1.165) is 0 Å². The van der Waals surface area contributed by atoms with E-state index in [-0.39, 0.29) is 35.6 Å². The predicted molar refractivity (Wildman–Crippen MR) is 113 cm³/mol. The first kappa shape index (κ1) is 23.7. The van der Waals surface area contributed by atoms with E-state index in [1.165, 1.54) is 39.8 Å². The molecule has 0 spiro atoms.